The van der Waals surface area contributed by atoms with Crippen molar-refractivity contribution in [2.75, 3.05) is 13.2 Å². The molecule has 0 radical (unpaired) electrons. The first kappa shape index (κ1) is 16.2. The SMILES string of the molecule is O=C(O)CC(NCCCO)C(=O)c1ccc(F)c(F)c1. The number of nitrogens with one attached hydrogen (secondary N) is 1. The molecule has 1 unspecified atom stereocenters. The van der Waals surface area contributed by atoms with Crippen molar-refractivity contribution < 1.29 is 28.6 Å². The summed E-state index contributed by atoms with van der Waals surface area (Å²) in [7, 11) is 0. The monoisotopic (exact) mass is 287 g/mol. The Hall–Kier alpha value is -1.86. The number of carboxylic acid groups (broad SMARTS) is 1. The zero-order chi connectivity index (χ0) is 15.1. The molecule has 0 aliphatic carbocycles. The number of ketones is 1. The molecule has 5 nitrogen and oxygen atoms in total. The maximum absolute atomic E-state index is 13.1. The second-order valence-electron chi connectivity index (χ2n) is 4.17. The number of Topliss-reactive ketones (excluding diaryl/α,β-unsaturated/α-hetero) is 1. The van der Waals surface area contributed by atoms with Crippen molar-refractivity contribution in [2.45, 2.75) is 18.9 Å². The van der Waals surface area contributed by atoms with Crippen molar-refractivity contribution >= 4 is 11.8 Å². The van der Waals surface area contributed by atoms with Crippen molar-refractivity contribution in [3.8, 4) is 0 Å². The van der Waals surface area contributed by atoms with Gasteiger partial charge in [-0.05, 0) is 31.2 Å². The van der Waals surface area contributed by atoms with Crippen LogP contribution in [0.2, 0.25) is 0 Å². The normalized spacial score (nSPS) is 12.2. The molecule has 0 heterocycles. The number of rotatable bonds is 8. The van der Waals surface area contributed by atoms with Gasteiger partial charge in [0.1, 0.15) is 0 Å². The summed E-state index contributed by atoms with van der Waals surface area (Å²) in [5, 5.41) is 20.1. The van der Waals surface area contributed by atoms with Crippen molar-refractivity contribution in [1.29, 1.82) is 0 Å². The maximum atomic E-state index is 13.1. The summed E-state index contributed by atoms with van der Waals surface area (Å²) >= 11 is 0. The van der Waals surface area contributed by atoms with Gasteiger partial charge < -0.3 is 15.5 Å². The number of hydrogen-bond acceptors (Lipinski definition) is 4. The highest BCUT2D eigenvalue weighted by Crippen LogP contribution is 2.12. The van der Waals surface area contributed by atoms with E-state index in [0.29, 0.717) is 6.42 Å². The van der Waals surface area contributed by atoms with Gasteiger partial charge in [0.15, 0.2) is 17.4 Å². The molecule has 1 atom stereocenters. The van der Waals surface area contributed by atoms with Crippen LogP contribution < -0.4 is 5.32 Å². The molecule has 0 fully saturated rings. The van der Waals surface area contributed by atoms with Crippen molar-refractivity contribution in [3.63, 3.8) is 0 Å². The third kappa shape index (κ3) is 4.67. The Morgan fingerprint density at radius 3 is 2.50 bits per heavy atom. The van der Waals surface area contributed by atoms with E-state index < -0.39 is 35.8 Å². The first-order chi connectivity index (χ1) is 9.45. The van der Waals surface area contributed by atoms with Crippen LogP contribution >= 0.6 is 0 Å². The Bertz CT molecular complexity index is 493. The maximum Gasteiger partial charge on any atom is 0.305 e. The average Bonchev–Trinajstić information content (AvgIpc) is 2.40. The van der Waals surface area contributed by atoms with E-state index in [0.717, 1.165) is 18.2 Å². The third-order valence-electron chi connectivity index (χ3n) is 2.62. The van der Waals surface area contributed by atoms with Crippen LogP contribution in [-0.4, -0.2) is 41.2 Å². The fourth-order valence-electron chi connectivity index (χ4n) is 1.64. The summed E-state index contributed by atoms with van der Waals surface area (Å²) < 4.78 is 25.9. The Morgan fingerprint density at radius 2 is 1.95 bits per heavy atom. The molecule has 0 saturated carbocycles. The van der Waals surface area contributed by atoms with E-state index in [1.165, 1.54) is 0 Å². The highest BCUT2D eigenvalue weighted by Gasteiger charge is 2.23. The minimum absolute atomic E-state index is 0.105. The van der Waals surface area contributed by atoms with Gasteiger partial charge in [-0.3, -0.25) is 9.59 Å². The van der Waals surface area contributed by atoms with Gasteiger partial charge in [0.2, 0.25) is 0 Å². The Balaban J connectivity index is 2.84. The Morgan fingerprint density at radius 1 is 1.25 bits per heavy atom. The molecule has 1 aromatic rings. The molecular weight excluding hydrogens is 272 g/mol. The molecule has 0 spiro atoms. The summed E-state index contributed by atoms with van der Waals surface area (Å²) in [4.78, 5) is 22.8. The summed E-state index contributed by atoms with van der Waals surface area (Å²) in [5.74, 6) is -4.07. The number of aliphatic hydroxyl groups is 1. The summed E-state index contributed by atoms with van der Waals surface area (Å²) in [6, 6.07) is 1.60. The van der Waals surface area contributed by atoms with Crippen LogP contribution in [-0.2, 0) is 4.79 Å². The molecule has 3 N–H and O–H groups in total. The van der Waals surface area contributed by atoms with Gasteiger partial charge in [0, 0.05) is 12.2 Å². The highest BCUT2D eigenvalue weighted by molar-refractivity contribution is 6.01. The number of carboxylic acids is 1. The van der Waals surface area contributed by atoms with Gasteiger partial charge >= 0.3 is 5.97 Å². The predicted octanol–water partition coefficient (Wildman–Crippen LogP) is 0.963. The number of carbonyl (C=O) groups excluding carboxylic acids is 1. The lowest BCUT2D eigenvalue weighted by molar-refractivity contribution is -0.137. The standard InChI is InChI=1S/C13H15F2NO4/c14-9-3-2-8(6-10(9)15)13(20)11(7-12(18)19)16-4-1-5-17/h2-3,6,11,16-17H,1,4-5,7H2,(H,18,19). The van der Waals surface area contributed by atoms with Crippen LogP contribution in [0.5, 0.6) is 0 Å². The Kier molecular flexibility index (Phi) is 6.20. The quantitative estimate of drug-likeness (QED) is 0.490. The topological polar surface area (TPSA) is 86.6 Å². The number of hydrogen-bond donors (Lipinski definition) is 3. The van der Waals surface area contributed by atoms with Gasteiger partial charge in [-0.2, -0.15) is 0 Å². The first-order valence-corrected chi connectivity index (χ1v) is 6.01. The molecular formula is C13H15F2NO4. The number of benzene rings is 1. The molecule has 110 valence electrons. The zero-order valence-corrected chi connectivity index (χ0v) is 10.6. The molecule has 0 aliphatic rings. The van der Waals surface area contributed by atoms with Gasteiger partial charge in [0.05, 0.1) is 12.5 Å². The zero-order valence-electron chi connectivity index (χ0n) is 10.6. The molecule has 0 saturated heterocycles. The van der Waals surface area contributed by atoms with Gasteiger partial charge in [-0.1, -0.05) is 0 Å². The lowest BCUT2D eigenvalue weighted by Crippen LogP contribution is -2.39. The lowest BCUT2D eigenvalue weighted by atomic mass is 10.0. The van der Waals surface area contributed by atoms with E-state index >= 15 is 0 Å². The van der Waals surface area contributed by atoms with Crippen LogP contribution in [0.15, 0.2) is 18.2 Å². The van der Waals surface area contributed by atoms with Crippen molar-refractivity contribution in [1.82, 2.24) is 5.32 Å². The third-order valence-corrected chi connectivity index (χ3v) is 2.62. The van der Waals surface area contributed by atoms with E-state index in [9.17, 15) is 18.4 Å². The molecule has 1 aromatic carbocycles. The van der Waals surface area contributed by atoms with Crippen LogP contribution in [0.4, 0.5) is 8.78 Å². The van der Waals surface area contributed by atoms with Crippen LogP contribution in [0, 0.1) is 11.6 Å². The van der Waals surface area contributed by atoms with E-state index in [1.54, 1.807) is 0 Å². The minimum Gasteiger partial charge on any atom is -0.481 e. The molecule has 0 bridgehead atoms. The molecule has 20 heavy (non-hydrogen) atoms. The minimum atomic E-state index is -1.19. The van der Waals surface area contributed by atoms with Crippen molar-refractivity contribution in [3.05, 3.63) is 35.4 Å². The fourth-order valence-corrected chi connectivity index (χ4v) is 1.64. The summed E-state index contributed by atoms with van der Waals surface area (Å²) in [5.41, 5.74) is -0.105. The van der Waals surface area contributed by atoms with Gasteiger partial charge in [-0.25, -0.2) is 8.78 Å². The second-order valence-corrected chi connectivity index (χ2v) is 4.17. The molecule has 1 rings (SSSR count). The smallest absolute Gasteiger partial charge is 0.305 e. The largest absolute Gasteiger partial charge is 0.481 e. The Labute approximate surface area is 114 Å². The average molecular weight is 287 g/mol. The van der Waals surface area contributed by atoms with E-state index in [-0.39, 0.29) is 18.7 Å². The second kappa shape index (κ2) is 7.66. The van der Waals surface area contributed by atoms with Crippen LogP contribution in [0.25, 0.3) is 0 Å². The van der Waals surface area contributed by atoms with Crippen molar-refractivity contribution in [2.24, 2.45) is 0 Å². The molecule has 7 heteroatoms. The summed E-state index contributed by atoms with van der Waals surface area (Å²) in [6.45, 7) is 0.135. The van der Waals surface area contributed by atoms with Crippen LogP contribution in [0.1, 0.15) is 23.2 Å². The number of aliphatic carboxylic acids is 1. The van der Waals surface area contributed by atoms with E-state index in [4.69, 9.17) is 10.2 Å². The summed E-state index contributed by atoms with van der Waals surface area (Å²) in [6.07, 6.45) is -0.134. The predicted molar refractivity (Wildman–Crippen MR) is 66.4 cm³/mol. The van der Waals surface area contributed by atoms with Gasteiger partial charge in [0.25, 0.3) is 0 Å². The van der Waals surface area contributed by atoms with Crippen LogP contribution in [0.3, 0.4) is 0 Å². The number of aliphatic hydroxyl groups excluding tert-OH is 1. The number of carbonyl (C=O) groups is 2. The molecule has 0 aromatic heterocycles. The van der Waals surface area contributed by atoms with E-state index in [2.05, 4.69) is 5.32 Å². The number of halogens is 2. The highest BCUT2D eigenvalue weighted by atomic mass is 19.2. The van der Waals surface area contributed by atoms with E-state index in [1.807, 2.05) is 0 Å². The first-order valence-electron chi connectivity index (χ1n) is 6.01. The van der Waals surface area contributed by atoms with Gasteiger partial charge in [-0.15, -0.1) is 0 Å². The molecule has 0 aliphatic heterocycles. The molecule has 0 amide bonds. The fraction of sp³-hybridized carbons (Fsp3) is 0.385. The lowest BCUT2D eigenvalue weighted by Gasteiger charge is -2.15.